The number of fused-ring (bicyclic) bond motifs is 1. The van der Waals surface area contributed by atoms with Crippen molar-refractivity contribution in [3.8, 4) is 11.5 Å². The minimum Gasteiger partial charge on any atom is -0.493 e. The summed E-state index contributed by atoms with van der Waals surface area (Å²) in [4.78, 5) is 14.7. The third-order valence-corrected chi connectivity index (χ3v) is 6.16. The van der Waals surface area contributed by atoms with Gasteiger partial charge in [-0.2, -0.15) is 13.2 Å². The molecule has 2 aromatic heterocycles. The average Bonchev–Trinajstić information content (AvgIpc) is 3.55. The van der Waals surface area contributed by atoms with E-state index < -0.39 is 17.9 Å². The highest BCUT2D eigenvalue weighted by atomic mass is 19.4. The van der Waals surface area contributed by atoms with Crippen molar-refractivity contribution >= 4 is 16.7 Å². The minimum atomic E-state index is -4.51. The number of hydrogen-bond donors (Lipinski definition) is 1. The second-order valence-corrected chi connectivity index (χ2v) is 9.50. The molecule has 188 valence electrons. The molecule has 10 heteroatoms. The van der Waals surface area contributed by atoms with E-state index in [1.807, 2.05) is 6.07 Å². The van der Waals surface area contributed by atoms with Crippen molar-refractivity contribution in [2.45, 2.75) is 38.9 Å². The maximum absolute atomic E-state index is 13.1. The highest BCUT2D eigenvalue weighted by molar-refractivity contribution is 5.92. The SMILES string of the molecule is COc1cc2nc(C)nc(N[C@H](C)c3ccnc(C(F)(F)F)c3)c2cc1OCC1(CN(C)C)CC1. The van der Waals surface area contributed by atoms with E-state index in [-0.39, 0.29) is 5.41 Å². The van der Waals surface area contributed by atoms with E-state index in [2.05, 4.69) is 39.3 Å². The summed E-state index contributed by atoms with van der Waals surface area (Å²) in [5.74, 6) is 2.18. The Labute approximate surface area is 202 Å². The van der Waals surface area contributed by atoms with E-state index in [9.17, 15) is 13.2 Å². The number of anilines is 1. The summed E-state index contributed by atoms with van der Waals surface area (Å²) in [5.41, 5.74) is 0.303. The number of aromatic nitrogens is 3. The van der Waals surface area contributed by atoms with E-state index in [0.717, 1.165) is 31.6 Å². The van der Waals surface area contributed by atoms with Crippen LogP contribution < -0.4 is 14.8 Å². The van der Waals surface area contributed by atoms with E-state index in [4.69, 9.17) is 9.47 Å². The molecule has 1 fully saturated rings. The summed E-state index contributed by atoms with van der Waals surface area (Å²) < 4.78 is 51.2. The number of methoxy groups -OCH3 is 1. The third-order valence-electron chi connectivity index (χ3n) is 6.16. The highest BCUT2D eigenvalue weighted by Crippen LogP contribution is 2.47. The molecule has 4 rings (SSSR count). The van der Waals surface area contributed by atoms with Crippen molar-refractivity contribution in [2.24, 2.45) is 5.41 Å². The van der Waals surface area contributed by atoms with Gasteiger partial charge in [0, 0.05) is 29.6 Å². The van der Waals surface area contributed by atoms with Crippen molar-refractivity contribution in [3.05, 3.63) is 47.5 Å². The Balaban J connectivity index is 1.64. The number of benzene rings is 1. The molecule has 1 aromatic carbocycles. The molecule has 7 nitrogen and oxygen atoms in total. The molecule has 1 aliphatic rings. The normalized spacial score (nSPS) is 15.8. The number of nitrogens with zero attached hydrogens (tertiary/aromatic N) is 4. The first-order valence-corrected chi connectivity index (χ1v) is 11.4. The molecule has 35 heavy (non-hydrogen) atoms. The van der Waals surface area contributed by atoms with E-state index >= 15 is 0 Å². The maximum atomic E-state index is 13.1. The van der Waals surface area contributed by atoms with Gasteiger partial charge in [0.15, 0.2) is 11.5 Å². The first-order chi connectivity index (χ1) is 16.5. The summed E-state index contributed by atoms with van der Waals surface area (Å²) in [6, 6.07) is 5.78. The Morgan fingerprint density at radius 2 is 1.89 bits per heavy atom. The third kappa shape index (κ3) is 5.75. The first-order valence-electron chi connectivity index (χ1n) is 11.4. The van der Waals surface area contributed by atoms with Gasteiger partial charge in [-0.15, -0.1) is 0 Å². The van der Waals surface area contributed by atoms with E-state index in [1.165, 1.54) is 0 Å². The molecule has 0 spiro atoms. The summed E-state index contributed by atoms with van der Waals surface area (Å²) in [5, 5.41) is 3.94. The summed E-state index contributed by atoms with van der Waals surface area (Å²) >= 11 is 0. The van der Waals surface area contributed by atoms with Crippen molar-refractivity contribution < 1.29 is 22.6 Å². The zero-order valence-corrected chi connectivity index (χ0v) is 20.5. The van der Waals surface area contributed by atoms with Crippen LogP contribution in [0.1, 0.15) is 42.9 Å². The number of pyridine rings is 1. The summed E-state index contributed by atoms with van der Waals surface area (Å²) in [7, 11) is 5.68. The van der Waals surface area contributed by atoms with Crippen molar-refractivity contribution in [1.82, 2.24) is 19.9 Å². The van der Waals surface area contributed by atoms with Gasteiger partial charge in [0.2, 0.25) is 0 Å². The molecule has 0 unspecified atom stereocenters. The van der Waals surface area contributed by atoms with Gasteiger partial charge in [0.05, 0.1) is 25.3 Å². The van der Waals surface area contributed by atoms with Gasteiger partial charge in [-0.25, -0.2) is 9.97 Å². The fourth-order valence-electron chi connectivity index (χ4n) is 4.22. The largest absolute Gasteiger partial charge is 0.493 e. The Kier molecular flexibility index (Phi) is 6.77. The van der Waals surface area contributed by atoms with Crippen LogP contribution in [0.3, 0.4) is 0 Å². The topological polar surface area (TPSA) is 72.4 Å². The van der Waals surface area contributed by atoms with Gasteiger partial charge >= 0.3 is 6.18 Å². The van der Waals surface area contributed by atoms with E-state index in [1.54, 1.807) is 33.1 Å². The van der Waals surface area contributed by atoms with Crippen LogP contribution in [0.2, 0.25) is 0 Å². The molecule has 0 amide bonds. The van der Waals surface area contributed by atoms with Crippen LogP contribution in [0.4, 0.5) is 19.0 Å². The second-order valence-electron chi connectivity index (χ2n) is 9.50. The number of aryl methyl sites for hydroxylation is 1. The average molecular weight is 490 g/mol. The lowest BCUT2D eigenvalue weighted by molar-refractivity contribution is -0.141. The Morgan fingerprint density at radius 1 is 1.14 bits per heavy atom. The lowest BCUT2D eigenvalue weighted by atomic mass is 10.1. The molecule has 1 aliphatic carbocycles. The molecule has 1 saturated carbocycles. The van der Waals surface area contributed by atoms with Gasteiger partial charge in [-0.1, -0.05) is 0 Å². The van der Waals surface area contributed by atoms with Crippen LogP contribution in [0.25, 0.3) is 10.9 Å². The lowest BCUT2D eigenvalue weighted by Gasteiger charge is -2.22. The quantitative estimate of drug-likeness (QED) is 0.440. The van der Waals surface area contributed by atoms with Crippen LogP contribution in [-0.2, 0) is 6.18 Å². The van der Waals surface area contributed by atoms with Crippen LogP contribution in [-0.4, -0.2) is 54.2 Å². The zero-order chi connectivity index (χ0) is 25.4. The lowest BCUT2D eigenvalue weighted by Crippen LogP contribution is -2.27. The van der Waals surface area contributed by atoms with Crippen molar-refractivity contribution in [2.75, 3.05) is 39.7 Å². The second kappa shape index (κ2) is 9.49. The number of alkyl halides is 3. The van der Waals surface area contributed by atoms with Crippen LogP contribution in [0.5, 0.6) is 11.5 Å². The van der Waals surface area contributed by atoms with Crippen molar-refractivity contribution in [1.29, 1.82) is 0 Å². The summed E-state index contributed by atoms with van der Waals surface area (Å²) in [6.07, 6.45) is -1.13. The Morgan fingerprint density at radius 3 is 2.51 bits per heavy atom. The van der Waals surface area contributed by atoms with E-state index in [0.29, 0.717) is 46.2 Å². The molecule has 2 heterocycles. The molecular weight excluding hydrogens is 459 g/mol. The monoisotopic (exact) mass is 489 g/mol. The fraction of sp³-hybridized carbons (Fsp3) is 0.480. The minimum absolute atomic E-state index is 0.139. The summed E-state index contributed by atoms with van der Waals surface area (Å²) in [6.45, 7) is 5.05. The van der Waals surface area contributed by atoms with Gasteiger partial charge in [-0.3, -0.25) is 4.98 Å². The molecule has 0 radical (unpaired) electrons. The Hall–Kier alpha value is -3.14. The molecule has 1 atom stereocenters. The standard InChI is InChI=1S/C25H30F3N5O2/c1-15(17-6-9-29-22(10-17)25(26,27)28)30-23-18-11-21(35-14-24(7-8-24)13-33(3)4)20(34-5)12-19(18)31-16(2)32-23/h6,9-12,15H,7-8,13-14H2,1-5H3,(H,30,31,32)/t15-/m1/s1. The Bertz CT molecular complexity index is 1210. The molecule has 3 aromatic rings. The predicted octanol–water partition coefficient (Wildman–Crippen LogP) is 5.25. The maximum Gasteiger partial charge on any atom is 0.433 e. The number of nitrogens with one attached hydrogen (secondary N) is 1. The van der Waals surface area contributed by atoms with Crippen LogP contribution in [0.15, 0.2) is 30.5 Å². The highest BCUT2D eigenvalue weighted by Gasteiger charge is 2.44. The molecule has 0 bridgehead atoms. The number of rotatable bonds is 9. The molecule has 0 aliphatic heterocycles. The smallest absolute Gasteiger partial charge is 0.433 e. The number of hydrogen-bond acceptors (Lipinski definition) is 7. The van der Waals surface area contributed by atoms with Crippen LogP contribution >= 0.6 is 0 Å². The van der Waals surface area contributed by atoms with Gasteiger partial charge < -0.3 is 19.7 Å². The molecule has 0 saturated heterocycles. The van der Waals surface area contributed by atoms with Gasteiger partial charge in [0.25, 0.3) is 0 Å². The number of ether oxygens (including phenoxy) is 2. The van der Waals surface area contributed by atoms with Crippen LogP contribution in [0, 0.1) is 12.3 Å². The van der Waals surface area contributed by atoms with Gasteiger partial charge in [-0.05, 0) is 64.5 Å². The fourth-order valence-corrected chi connectivity index (χ4v) is 4.22. The molecule has 1 N–H and O–H groups in total. The number of halogens is 3. The zero-order valence-electron chi connectivity index (χ0n) is 20.5. The van der Waals surface area contributed by atoms with Crippen molar-refractivity contribution in [3.63, 3.8) is 0 Å². The predicted molar refractivity (Wildman–Crippen MR) is 128 cm³/mol. The van der Waals surface area contributed by atoms with Gasteiger partial charge in [0.1, 0.15) is 17.3 Å². The first kappa shape index (κ1) is 25.0. The molecular formula is C25H30F3N5O2.